The van der Waals surface area contributed by atoms with E-state index in [2.05, 4.69) is 0 Å². The maximum atomic E-state index is 8.24. The minimum absolute atomic E-state index is 0. The quantitative estimate of drug-likeness (QED) is 0.316. The number of isocyanates is 2. The predicted molar refractivity (Wildman–Crippen MR) is 62.2 cm³/mol. The maximum Gasteiger partial charge on any atom is 0 e. The average molecular weight is 262 g/mol. The third kappa shape index (κ3) is 31.4. The normalized spacial score (nSPS) is 5.65. The van der Waals surface area contributed by atoms with Crippen molar-refractivity contribution >= 4 is 12.2 Å². The van der Waals surface area contributed by atoms with E-state index < -0.39 is 0 Å². The summed E-state index contributed by atoms with van der Waals surface area (Å²) in [4.78, 5) is 16.5. The fraction of sp³-hybridized carbons (Fsp3) is 0. The summed E-state index contributed by atoms with van der Waals surface area (Å²) in [5, 5.41) is 13.5. The first-order valence-corrected chi connectivity index (χ1v) is 4.19. The largest absolute Gasteiger partial charge is 0.748 e. The van der Waals surface area contributed by atoms with Crippen molar-refractivity contribution in [2.75, 3.05) is 0 Å². The summed E-state index contributed by atoms with van der Waals surface area (Å²) in [7, 11) is 0. The first kappa shape index (κ1) is 20.6. The molecule has 0 radical (unpaired) electrons. The molecule has 17 heavy (non-hydrogen) atoms. The Labute approximate surface area is 115 Å². The zero-order valence-corrected chi connectivity index (χ0v) is 10.5. The van der Waals surface area contributed by atoms with Crippen LogP contribution >= 0.6 is 0 Å². The molecule has 5 heteroatoms. The molecule has 0 saturated carbocycles. The van der Waals surface area contributed by atoms with Crippen LogP contribution in [0.15, 0.2) is 60.7 Å². The van der Waals surface area contributed by atoms with Crippen LogP contribution in [0.4, 0.5) is 0 Å². The predicted octanol–water partition coefficient (Wildman–Crippen LogP) is 2.59. The van der Waals surface area contributed by atoms with Crippen molar-refractivity contribution in [1.29, 1.82) is 0 Å². The number of nitrogens with zero attached hydrogens (tertiary/aromatic N) is 2. The molecule has 0 saturated heterocycles. The van der Waals surface area contributed by atoms with Gasteiger partial charge in [0, 0.05) is 21.7 Å². The van der Waals surface area contributed by atoms with Gasteiger partial charge >= 0.3 is 0 Å². The number of hydrogen-bond acceptors (Lipinski definition) is 2. The van der Waals surface area contributed by atoms with Crippen LogP contribution in [0.2, 0.25) is 0 Å². The Kier molecular flexibility index (Phi) is 28.8. The molecule has 0 bridgehead atoms. The van der Waals surface area contributed by atoms with E-state index in [4.69, 9.17) is 20.4 Å². The molecule has 0 fully saturated rings. The van der Waals surface area contributed by atoms with E-state index in [-0.39, 0.29) is 21.7 Å². The second-order valence-corrected chi connectivity index (χ2v) is 2.11. The Morgan fingerprint density at radius 2 is 1.00 bits per heavy atom. The van der Waals surface area contributed by atoms with Crippen LogP contribution in [0.1, 0.15) is 0 Å². The molecule has 0 heterocycles. The fourth-order valence-electron chi connectivity index (χ4n) is 0.642. The minimum Gasteiger partial charge on any atom is -0.748 e. The van der Waals surface area contributed by atoms with E-state index in [1.807, 2.05) is 60.7 Å². The van der Waals surface area contributed by atoms with E-state index >= 15 is 0 Å². The van der Waals surface area contributed by atoms with Gasteiger partial charge in [-0.1, -0.05) is 0 Å². The number of hydrogen-bond donors (Lipinski definition) is 0. The van der Waals surface area contributed by atoms with Crippen LogP contribution in [-0.4, -0.2) is 12.2 Å². The van der Waals surface area contributed by atoms with Crippen LogP contribution < -0.4 is 0 Å². The molecule has 0 unspecified atom stereocenters. The van der Waals surface area contributed by atoms with E-state index in [0.717, 1.165) is 0 Å². The van der Waals surface area contributed by atoms with Crippen LogP contribution in [0.25, 0.3) is 10.8 Å². The van der Waals surface area contributed by atoms with Crippen molar-refractivity contribution in [2.45, 2.75) is 0 Å². The van der Waals surface area contributed by atoms with Crippen LogP contribution in [0.3, 0.4) is 0 Å². The van der Waals surface area contributed by atoms with Gasteiger partial charge in [-0.15, -0.1) is 0 Å². The van der Waals surface area contributed by atoms with Gasteiger partial charge in [-0.25, -0.2) is 12.1 Å². The van der Waals surface area contributed by atoms with Gasteiger partial charge in [0.15, 0.2) is 0 Å². The van der Waals surface area contributed by atoms with Gasteiger partial charge in [0.25, 0.3) is 0 Å². The Balaban J connectivity index is -0.000000157. The molecule has 0 atom stereocenters. The molecule has 0 aromatic heterocycles. The summed E-state index contributed by atoms with van der Waals surface area (Å²) in [6.45, 7) is 0. The van der Waals surface area contributed by atoms with E-state index in [1.165, 1.54) is 0 Å². The smallest absolute Gasteiger partial charge is 0 e. The second-order valence-electron chi connectivity index (χ2n) is 2.11. The first-order valence-electron chi connectivity index (χ1n) is 4.19. The monoisotopic (exact) mass is 262 g/mol. The van der Waals surface area contributed by atoms with E-state index in [9.17, 15) is 0 Å². The van der Waals surface area contributed by atoms with Crippen molar-refractivity contribution in [3.8, 4) is 0 Å². The maximum absolute atomic E-state index is 8.24. The Morgan fingerprint density at radius 1 is 0.765 bits per heavy atom. The summed E-state index contributed by atoms with van der Waals surface area (Å²) in [5.74, 6) is 0. The Bertz CT molecular complexity index is 284. The molecule has 0 aliphatic rings. The van der Waals surface area contributed by atoms with Crippen molar-refractivity contribution in [1.82, 2.24) is 0 Å². The number of rotatable bonds is 0. The van der Waals surface area contributed by atoms with Crippen molar-refractivity contribution in [3.63, 3.8) is 0 Å². The van der Waals surface area contributed by atoms with Crippen molar-refractivity contribution in [3.05, 3.63) is 71.5 Å². The van der Waals surface area contributed by atoms with Gasteiger partial charge < -0.3 is 41.2 Å². The molecule has 4 nitrogen and oxygen atoms in total. The SMILES string of the molecule is [N-]=C=O.[N-]=C=O.[Ti].[cH-]1[cH-][cH-][cH-][cH-]1.c1cc[cH-]c1. The topological polar surface area (TPSA) is 78.7 Å². The zero-order valence-electron chi connectivity index (χ0n) is 8.98. The van der Waals surface area contributed by atoms with Gasteiger partial charge in [-0.3, -0.25) is 9.59 Å². The summed E-state index contributed by atoms with van der Waals surface area (Å²) < 4.78 is 0. The molecule has 92 valence electrons. The molecule has 0 amide bonds. The molecule has 0 spiro atoms. The molecule has 0 aliphatic heterocycles. The van der Waals surface area contributed by atoms with Crippen LogP contribution in [0, 0.1) is 0 Å². The summed E-state index contributed by atoms with van der Waals surface area (Å²) in [5.41, 5.74) is 0. The van der Waals surface area contributed by atoms with E-state index in [0.29, 0.717) is 12.2 Å². The van der Waals surface area contributed by atoms with Crippen molar-refractivity contribution in [2.24, 2.45) is 0 Å². The molecule has 2 rings (SSSR count). The van der Waals surface area contributed by atoms with Gasteiger partial charge in [0.2, 0.25) is 0 Å². The average Bonchev–Trinajstić information content (AvgIpc) is 3.00. The standard InChI is InChI=1S/2C5H5.2CNO.Ti/c2*1-2-4-5-3-1;2*2-1-3;/h2*1-5H;;;/q-5;3*-1;. The van der Waals surface area contributed by atoms with Crippen molar-refractivity contribution < 1.29 is 31.3 Å². The summed E-state index contributed by atoms with van der Waals surface area (Å²) >= 11 is 0. The second kappa shape index (κ2) is 23.8. The molecule has 0 aliphatic carbocycles. The zero-order chi connectivity index (χ0) is 12.5. The molecule has 0 N–H and O–H groups in total. The van der Waals surface area contributed by atoms with Gasteiger partial charge in [-0.2, -0.15) is 18.2 Å². The third-order valence-corrected chi connectivity index (χ3v) is 1.11. The van der Waals surface area contributed by atoms with Gasteiger partial charge in [0.05, 0.1) is 0 Å². The first-order chi connectivity index (χ1) is 7.83. The third-order valence-electron chi connectivity index (χ3n) is 1.11. The summed E-state index contributed by atoms with van der Waals surface area (Å²) in [6.07, 6.45) is 1.00. The Morgan fingerprint density at radius 3 is 1.12 bits per heavy atom. The molecule has 2 aromatic carbocycles. The van der Waals surface area contributed by atoms with Gasteiger partial charge in [-0.05, 0) is 12.2 Å². The van der Waals surface area contributed by atoms with Crippen LogP contribution in [-0.2, 0) is 31.3 Å². The molecular weight excluding hydrogens is 252 g/mol. The Hall–Kier alpha value is -1.83. The fourth-order valence-corrected chi connectivity index (χ4v) is 0.642. The summed E-state index contributed by atoms with van der Waals surface area (Å²) in [6, 6.07) is 20.0. The molecule has 2 aromatic rings. The van der Waals surface area contributed by atoms with E-state index in [1.54, 1.807) is 0 Å². The molecular formula is C12H10N2O2Ti-8. The van der Waals surface area contributed by atoms with Crippen LogP contribution in [0.5, 0.6) is 0 Å². The number of carbonyl (C=O) groups excluding carboxylic acids is 2. The van der Waals surface area contributed by atoms with Gasteiger partial charge in [0.1, 0.15) is 0 Å². The minimum atomic E-state index is 0.